The second-order valence-electron chi connectivity index (χ2n) is 6.02. The number of ether oxygens (including phenoxy) is 1. The molecule has 1 aromatic heterocycles. The van der Waals surface area contributed by atoms with Crippen molar-refractivity contribution in [3.63, 3.8) is 0 Å². The fourth-order valence-electron chi connectivity index (χ4n) is 3.03. The van der Waals surface area contributed by atoms with Crippen LogP contribution in [0.15, 0.2) is 30.3 Å². The lowest BCUT2D eigenvalue weighted by molar-refractivity contribution is -0.121. The van der Waals surface area contributed by atoms with E-state index < -0.39 is 0 Å². The number of carbonyl (C=O) groups excluding carboxylic acids is 1. The Bertz CT molecular complexity index is 750. The lowest BCUT2D eigenvalue weighted by Crippen LogP contribution is -2.37. The van der Waals surface area contributed by atoms with Crippen LogP contribution in [-0.4, -0.2) is 32.1 Å². The number of amides is 1. The smallest absolute Gasteiger partial charge is 0.220 e. The summed E-state index contributed by atoms with van der Waals surface area (Å²) in [5, 5.41) is 3.80. The Morgan fingerprint density at radius 3 is 2.92 bits per heavy atom. The van der Waals surface area contributed by atoms with Crippen LogP contribution in [0.5, 0.6) is 5.75 Å². The van der Waals surface area contributed by atoms with Gasteiger partial charge in [0.1, 0.15) is 5.75 Å². The molecule has 0 spiro atoms. The van der Waals surface area contributed by atoms with Crippen molar-refractivity contribution in [2.24, 2.45) is 0 Å². The monoisotopic (exact) mass is 398 g/mol. The molecule has 134 valence electrons. The molecule has 1 unspecified atom stereocenters. The minimum atomic E-state index is 0.0782. The third kappa shape index (κ3) is 4.81. The summed E-state index contributed by atoms with van der Waals surface area (Å²) in [6.07, 6.45) is 2.11. The second-order valence-corrected chi connectivity index (χ2v) is 8.26. The predicted molar refractivity (Wildman–Crippen MR) is 104 cm³/mol. The molecule has 3 rings (SSSR count). The standard InChI is InChI=1S/C18H20Cl2N2O2S/c1-24-16-5-2-12(19)10-15(16)22-9-8-13(11-22)21-18(23)7-4-14-3-6-17(20)25-14/h2-3,5-6,10,13H,4,7-9,11H2,1H3,(H,21,23). The van der Waals surface area contributed by atoms with E-state index in [1.807, 2.05) is 30.3 Å². The molecule has 0 radical (unpaired) electrons. The largest absolute Gasteiger partial charge is 0.495 e. The van der Waals surface area contributed by atoms with E-state index >= 15 is 0 Å². The van der Waals surface area contributed by atoms with Gasteiger partial charge < -0.3 is 15.0 Å². The van der Waals surface area contributed by atoms with Gasteiger partial charge in [0, 0.05) is 35.5 Å². The summed E-state index contributed by atoms with van der Waals surface area (Å²) >= 11 is 13.6. The van der Waals surface area contributed by atoms with Crippen LogP contribution >= 0.6 is 34.5 Å². The van der Waals surface area contributed by atoms with E-state index in [0.717, 1.165) is 46.6 Å². The van der Waals surface area contributed by atoms with Crippen molar-refractivity contribution in [1.82, 2.24) is 5.32 Å². The van der Waals surface area contributed by atoms with E-state index in [9.17, 15) is 4.79 Å². The van der Waals surface area contributed by atoms with Gasteiger partial charge in [-0.3, -0.25) is 4.79 Å². The molecule has 1 saturated heterocycles. The van der Waals surface area contributed by atoms with E-state index in [0.29, 0.717) is 11.4 Å². The summed E-state index contributed by atoms with van der Waals surface area (Å²) in [5.41, 5.74) is 0.972. The maximum absolute atomic E-state index is 12.2. The van der Waals surface area contributed by atoms with E-state index in [-0.39, 0.29) is 11.9 Å². The number of anilines is 1. The van der Waals surface area contributed by atoms with Crippen LogP contribution in [0.1, 0.15) is 17.7 Å². The molecule has 1 fully saturated rings. The maximum Gasteiger partial charge on any atom is 0.220 e. The summed E-state index contributed by atoms with van der Waals surface area (Å²) < 4.78 is 6.18. The van der Waals surface area contributed by atoms with Crippen molar-refractivity contribution in [3.8, 4) is 5.75 Å². The predicted octanol–water partition coefficient (Wildman–Crippen LogP) is 4.39. The molecule has 0 saturated carbocycles. The number of nitrogens with one attached hydrogen (secondary N) is 1. The zero-order valence-corrected chi connectivity index (χ0v) is 16.3. The Labute approximate surface area is 161 Å². The minimum Gasteiger partial charge on any atom is -0.495 e. The molecule has 2 aromatic rings. The number of carbonyl (C=O) groups is 1. The van der Waals surface area contributed by atoms with E-state index in [4.69, 9.17) is 27.9 Å². The minimum absolute atomic E-state index is 0.0782. The Kier molecular flexibility index (Phi) is 6.10. The Hall–Kier alpha value is -1.43. The molecule has 0 bridgehead atoms. The van der Waals surface area contributed by atoms with Gasteiger partial charge in [-0.2, -0.15) is 0 Å². The van der Waals surface area contributed by atoms with E-state index in [2.05, 4.69) is 10.2 Å². The van der Waals surface area contributed by atoms with Gasteiger partial charge in [-0.1, -0.05) is 23.2 Å². The fraction of sp³-hybridized carbons (Fsp3) is 0.389. The number of benzene rings is 1. The van der Waals surface area contributed by atoms with Crippen LogP contribution in [0.4, 0.5) is 5.69 Å². The molecule has 1 aliphatic heterocycles. The SMILES string of the molecule is COc1ccc(Cl)cc1N1CCC(NC(=O)CCc2ccc(Cl)s2)C1. The van der Waals surface area contributed by atoms with Crippen LogP contribution in [0, 0.1) is 0 Å². The molecule has 1 aromatic carbocycles. The van der Waals surface area contributed by atoms with Crippen LogP contribution < -0.4 is 15.0 Å². The number of hydrogen-bond donors (Lipinski definition) is 1. The number of rotatable bonds is 6. The lowest BCUT2D eigenvalue weighted by Gasteiger charge is -2.21. The fourth-order valence-corrected chi connectivity index (χ4v) is 4.28. The summed E-state index contributed by atoms with van der Waals surface area (Å²) in [5.74, 6) is 0.875. The molecule has 1 aliphatic rings. The van der Waals surface area contributed by atoms with Crippen molar-refractivity contribution >= 4 is 46.1 Å². The van der Waals surface area contributed by atoms with Crippen molar-refractivity contribution in [3.05, 3.63) is 44.6 Å². The van der Waals surface area contributed by atoms with Gasteiger partial charge in [0.25, 0.3) is 0 Å². The first-order chi connectivity index (χ1) is 12.0. The summed E-state index contributed by atoms with van der Waals surface area (Å²) in [7, 11) is 1.65. The zero-order chi connectivity index (χ0) is 17.8. The molecular formula is C18H20Cl2N2O2S. The van der Waals surface area contributed by atoms with Crippen LogP contribution in [0.25, 0.3) is 0 Å². The first-order valence-corrected chi connectivity index (χ1v) is 9.74. The first-order valence-electron chi connectivity index (χ1n) is 8.17. The Morgan fingerprint density at radius 1 is 1.36 bits per heavy atom. The average Bonchev–Trinajstić information content (AvgIpc) is 3.22. The quantitative estimate of drug-likeness (QED) is 0.783. The molecule has 1 amide bonds. The van der Waals surface area contributed by atoms with E-state index in [1.54, 1.807) is 7.11 Å². The highest BCUT2D eigenvalue weighted by atomic mass is 35.5. The molecule has 4 nitrogen and oxygen atoms in total. The lowest BCUT2D eigenvalue weighted by atomic mass is 10.2. The Balaban J connectivity index is 1.52. The van der Waals surface area contributed by atoms with Crippen molar-refractivity contribution in [1.29, 1.82) is 0 Å². The number of halogens is 2. The number of nitrogens with zero attached hydrogens (tertiary/aromatic N) is 1. The normalized spacial score (nSPS) is 16.9. The van der Waals surface area contributed by atoms with Gasteiger partial charge in [0.2, 0.25) is 5.91 Å². The molecule has 0 aliphatic carbocycles. The third-order valence-electron chi connectivity index (χ3n) is 4.26. The highest BCUT2D eigenvalue weighted by molar-refractivity contribution is 7.16. The Morgan fingerprint density at radius 2 is 2.20 bits per heavy atom. The molecule has 1 atom stereocenters. The topological polar surface area (TPSA) is 41.6 Å². The zero-order valence-electron chi connectivity index (χ0n) is 13.9. The molecule has 25 heavy (non-hydrogen) atoms. The van der Waals surface area contributed by atoms with Gasteiger partial charge in [0.15, 0.2) is 0 Å². The van der Waals surface area contributed by atoms with Crippen molar-refractivity contribution in [2.75, 3.05) is 25.1 Å². The van der Waals surface area contributed by atoms with Gasteiger partial charge in [-0.15, -0.1) is 11.3 Å². The number of hydrogen-bond acceptors (Lipinski definition) is 4. The number of thiophene rings is 1. The summed E-state index contributed by atoms with van der Waals surface area (Å²) in [4.78, 5) is 15.5. The van der Waals surface area contributed by atoms with E-state index in [1.165, 1.54) is 11.3 Å². The maximum atomic E-state index is 12.2. The molecule has 1 N–H and O–H groups in total. The molecule has 7 heteroatoms. The highest BCUT2D eigenvalue weighted by Crippen LogP contribution is 2.33. The summed E-state index contributed by atoms with van der Waals surface area (Å²) in [6, 6.07) is 9.58. The van der Waals surface area contributed by atoms with Crippen molar-refractivity contribution < 1.29 is 9.53 Å². The van der Waals surface area contributed by atoms with Gasteiger partial charge in [0.05, 0.1) is 17.1 Å². The first kappa shape index (κ1) is 18.4. The summed E-state index contributed by atoms with van der Waals surface area (Å²) in [6.45, 7) is 1.62. The molecular weight excluding hydrogens is 379 g/mol. The highest BCUT2D eigenvalue weighted by Gasteiger charge is 2.26. The average molecular weight is 399 g/mol. The van der Waals surface area contributed by atoms with Gasteiger partial charge >= 0.3 is 0 Å². The number of aryl methyl sites for hydroxylation is 1. The van der Waals surface area contributed by atoms with Crippen LogP contribution in [0.2, 0.25) is 9.36 Å². The van der Waals surface area contributed by atoms with Crippen LogP contribution in [0.3, 0.4) is 0 Å². The second kappa shape index (κ2) is 8.30. The third-order valence-corrected chi connectivity index (χ3v) is 5.79. The number of methoxy groups -OCH3 is 1. The molecule has 2 heterocycles. The van der Waals surface area contributed by atoms with Crippen LogP contribution in [-0.2, 0) is 11.2 Å². The van der Waals surface area contributed by atoms with Gasteiger partial charge in [-0.25, -0.2) is 0 Å². The van der Waals surface area contributed by atoms with Gasteiger partial charge in [-0.05, 0) is 43.2 Å². The van der Waals surface area contributed by atoms with Crippen molar-refractivity contribution in [2.45, 2.75) is 25.3 Å².